The van der Waals surface area contributed by atoms with E-state index in [9.17, 15) is 0 Å². The van der Waals surface area contributed by atoms with Gasteiger partial charge in [0.25, 0.3) is 0 Å². The first-order chi connectivity index (χ1) is 17.8. The van der Waals surface area contributed by atoms with Crippen LogP contribution in [0.1, 0.15) is 12.2 Å². The SMILES string of the molecule is C=C(/C=C\C=C/C)c1c(-c2ccccc2)c(-c2ccccc2)c(-c2ccccc2)p1-c1ccccc1. The van der Waals surface area contributed by atoms with Gasteiger partial charge in [0, 0.05) is 21.7 Å². The Morgan fingerprint density at radius 1 is 0.583 bits per heavy atom. The fourth-order valence-corrected chi connectivity index (χ4v) is 7.62. The van der Waals surface area contributed by atoms with E-state index in [-0.39, 0.29) is 0 Å². The lowest BCUT2D eigenvalue weighted by molar-refractivity contribution is 1.61. The average molecular weight is 481 g/mol. The summed E-state index contributed by atoms with van der Waals surface area (Å²) in [5, 5.41) is 4.04. The monoisotopic (exact) mass is 480 g/mol. The highest BCUT2D eigenvalue weighted by molar-refractivity contribution is 7.62. The summed E-state index contributed by atoms with van der Waals surface area (Å²) in [5.41, 5.74) is 7.37. The quantitative estimate of drug-likeness (QED) is 0.203. The van der Waals surface area contributed by atoms with Crippen LogP contribution in [0.25, 0.3) is 44.0 Å². The molecule has 0 bridgehead atoms. The van der Waals surface area contributed by atoms with Crippen molar-refractivity contribution in [2.45, 2.75) is 6.92 Å². The van der Waals surface area contributed by atoms with Gasteiger partial charge >= 0.3 is 0 Å². The summed E-state index contributed by atoms with van der Waals surface area (Å²) < 4.78 is 0. The fraction of sp³-hybridized carbons (Fsp3) is 0.0286. The van der Waals surface area contributed by atoms with Crippen LogP contribution in [0.2, 0.25) is 0 Å². The molecule has 0 aliphatic carbocycles. The van der Waals surface area contributed by atoms with Crippen molar-refractivity contribution in [3.63, 3.8) is 0 Å². The molecular formula is C35H29P. The zero-order valence-corrected chi connectivity index (χ0v) is 21.4. The van der Waals surface area contributed by atoms with E-state index in [1.807, 2.05) is 13.0 Å². The van der Waals surface area contributed by atoms with Crippen LogP contribution in [-0.4, -0.2) is 0 Å². The van der Waals surface area contributed by atoms with Crippen LogP contribution >= 0.6 is 7.53 Å². The Hall–Kier alpha value is -4.12. The highest BCUT2D eigenvalue weighted by atomic mass is 31.1. The molecular weight excluding hydrogens is 451 g/mol. The van der Waals surface area contributed by atoms with Crippen molar-refractivity contribution >= 4 is 13.1 Å². The Balaban J connectivity index is 1.99. The standard InChI is InChI=1S/C35H29P/c1-3-4-9-18-27(2)34-32(28-19-10-5-11-20-28)33(29-21-12-6-13-22-29)35(30-23-14-7-15-24-30)36(34)31-25-16-8-17-26-31/h3-26H,2H2,1H3/b4-3-,18-9-. The maximum absolute atomic E-state index is 4.63. The summed E-state index contributed by atoms with van der Waals surface area (Å²) in [4.78, 5) is 0. The summed E-state index contributed by atoms with van der Waals surface area (Å²) in [6.07, 6.45) is 8.37. The molecule has 0 nitrogen and oxygen atoms in total. The van der Waals surface area contributed by atoms with Crippen molar-refractivity contribution in [2.24, 2.45) is 0 Å². The van der Waals surface area contributed by atoms with Crippen LogP contribution < -0.4 is 0 Å². The molecule has 0 aliphatic heterocycles. The van der Waals surface area contributed by atoms with Crippen molar-refractivity contribution in [3.8, 4) is 38.4 Å². The molecule has 0 saturated carbocycles. The lowest BCUT2D eigenvalue weighted by Crippen LogP contribution is -1.86. The molecule has 4 aromatic carbocycles. The number of benzene rings is 4. The predicted molar refractivity (Wildman–Crippen MR) is 160 cm³/mol. The Labute approximate surface area is 215 Å². The van der Waals surface area contributed by atoms with Crippen molar-refractivity contribution < 1.29 is 0 Å². The van der Waals surface area contributed by atoms with Gasteiger partial charge in [0.05, 0.1) is 0 Å². The molecule has 1 heterocycles. The Bertz CT molecular complexity index is 1400. The van der Waals surface area contributed by atoms with Crippen molar-refractivity contribution in [1.82, 2.24) is 0 Å². The summed E-state index contributed by atoms with van der Waals surface area (Å²) in [5.74, 6) is 0. The molecule has 1 unspecified atom stereocenters. The molecule has 1 atom stereocenters. The highest BCUT2D eigenvalue weighted by Crippen LogP contribution is 2.64. The molecule has 5 rings (SSSR count). The van der Waals surface area contributed by atoms with E-state index in [1.54, 1.807) is 0 Å². The van der Waals surface area contributed by atoms with E-state index in [0.717, 1.165) is 5.57 Å². The molecule has 0 fully saturated rings. The maximum atomic E-state index is 4.63. The second-order valence-corrected chi connectivity index (χ2v) is 10.7. The third-order valence-corrected chi connectivity index (χ3v) is 8.96. The van der Waals surface area contributed by atoms with Crippen LogP contribution in [0.4, 0.5) is 0 Å². The number of hydrogen-bond donors (Lipinski definition) is 0. The van der Waals surface area contributed by atoms with E-state index >= 15 is 0 Å². The van der Waals surface area contributed by atoms with Gasteiger partial charge in [-0.1, -0.05) is 160 Å². The van der Waals surface area contributed by atoms with Gasteiger partial charge in [-0.2, -0.15) is 0 Å². The molecule has 0 N–H and O–H groups in total. The summed E-state index contributed by atoms with van der Waals surface area (Å²) in [6.45, 7) is 6.67. The number of hydrogen-bond acceptors (Lipinski definition) is 0. The third-order valence-electron chi connectivity index (χ3n) is 6.26. The Morgan fingerprint density at radius 3 is 1.58 bits per heavy atom. The fourth-order valence-electron chi connectivity index (χ4n) is 4.71. The van der Waals surface area contributed by atoms with Gasteiger partial charge in [0.15, 0.2) is 0 Å². The average Bonchev–Trinajstić information content (AvgIpc) is 3.31. The van der Waals surface area contributed by atoms with E-state index in [4.69, 9.17) is 0 Å². The predicted octanol–water partition coefficient (Wildman–Crippen LogP) is 10.8. The van der Waals surface area contributed by atoms with Crippen molar-refractivity contribution in [2.75, 3.05) is 0 Å². The van der Waals surface area contributed by atoms with E-state index < -0.39 is 7.53 Å². The van der Waals surface area contributed by atoms with E-state index in [1.165, 1.54) is 43.7 Å². The van der Waals surface area contributed by atoms with Crippen LogP contribution in [0.3, 0.4) is 0 Å². The highest BCUT2D eigenvalue weighted by Gasteiger charge is 2.27. The van der Waals surface area contributed by atoms with Gasteiger partial charge in [-0.3, -0.25) is 0 Å². The van der Waals surface area contributed by atoms with Crippen LogP contribution in [0.15, 0.2) is 152 Å². The first kappa shape index (κ1) is 23.6. The normalized spacial score (nSPS) is 11.9. The molecule has 1 heteroatoms. The van der Waals surface area contributed by atoms with Gasteiger partial charge in [-0.25, -0.2) is 0 Å². The first-order valence-electron chi connectivity index (χ1n) is 12.3. The minimum atomic E-state index is -0.845. The largest absolute Gasteiger partial charge is 0.0908 e. The number of rotatable bonds is 7. The molecule has 0 aliphatic rings. The van der Waals surface area contributed by atoms with E-state index in [2.05, 4.69) is 146 Å². The van der Waals surface area contributed by atoms with Gasteiger partial charge in [-0.05, 0) is 34.5 Å². The summed E-state index contributed by atoms with van der Waals surface area (Å²) >= 11 is 0. The molecule has 174 valence electrons. The smallest absolute Gasteiger partial charge is 0.0147 e. The Morgan fingerprint density at radius 2 is 1.06 bits per heavy atom. The minimum absolute atomic E-state index is 0.845. The first-order valence-corrected chi connectivity index (χ1v) is 13.6. The zero-order chi connectivity index (χ0) is 24.7. The maximum Gasteiger partial charge on any atom is 0.0147 e. The molecule has 1 aromatic heterocycles. The topological polar surface area (TPSA) is 0 Å². The van der Waals surface area contributed by atoms with Crippen molar-refractivity contribution in [1.29, 1.82) is 0 Å². The van der Waals surface area contributed by atoms with Crippen LogP contribution in [0.5, 0.6) is 0 Å². The lowest BCUT2D eigenvalue weighted by atomic mass is 9.91. The molecule has 0 amide bonds. The van der Waals surface area contributed by atoms with Gasteiger partial charge in [0.2, 0.25) is 0 Å². The Kier molecular flexibility index (Phi) is 7.27. The molecule has 0 saturated heterocycles. The van der Waals surface area contributed by atoms with Gasteiger partial charge in [0.1, 0.15) is 0 Å². The lowest BCUT2D eigenvalue weighted by Gasteiger charge is -2.12. The molecule has 0 spiro atoms. The summed E-state index contributed by atoms with van der Waals surface area (Å²) in [6, 6.07) is 43.5. The van der Waals surface area contributed by atoms with Gasteiger partial charge < -0.3 is 0 Å². The van der Waals surface area contributed by atoms with Crippen molar-refractivity contribution in [3.05, 3.63) is 158 Å². The zero-order valence-electron chi connectivity index (χ0n) is 20.5. The minimum Gasteiger partial charge on any atom is -0.0908 e. The molecule has 5 aromatic rings. The van der Waals surface area contributed by atoms with Crippen LogP contribution in [-0.2, 0) is 0 Å². The van der Waals surface area contributed by atoms with Crippen LogP contribution in [0, 0.1) is 0 Å². The van der Waals surface area contributed by atoms with Gasteiger partial charge in [-0.15, -0.1) is 0 Å². The second-order valence-electron chi connectivity index (χ2n) is 8.63. The molecule has 36 heavy (non-hydrogen) atoms. The third kappa shape index (κ3) is 4.69. The second kappa shape index (κ2) is 11.1. The molecule has 0 radical (unpaired) electrons. The van der Waals surface area contributed by atoms with E-state index in [0.29, 0.717) is 0 Å². The summed E-state index contributed by atoms with van der Waals surface area (Å²) in [7, 11) is -0.845. The number of allylic oxidation sites excluding steroid dienone is 5.